The molecule has 1 unspecified atom stereocenters. The lowest BCUT2D eigenvalue weighted by Crippen LogP contribution is -2.51. The molecule has 0 radical (unpaired) electrons. The zero-order valence-electron chi connectivity index (χ0n) is 13.0. The number of piperazine rings is 1. The highest BCUT2D eigenvalue weighted by Gasteiger charge is 2.22. The lowest BCUT2D eigenvalue weighted by Gasteiger charge is -2.38. The van der Waals surface area contributed by atoms with E-state index in [0.717, 1.165) is 45.8 Å². The third-order valence-corrected chi connectivity index (χ3v) is 4.23. The van der Waals surface area contributed by atoms with Crippen molar-refractivity contribution in [2.24, 2.45) is 5.73 Å². The summed E-state index contributed by atoms with van der Waals surface area (Å²) in [5, 5.41) is 4.34. The standard InChI is InChI=1S/C15H29N5/c1-3-5-15(10-16)19-8-6-18(7-9-19)12-14-11-17-20(4-2)13-14/h11,13,15H,3-10,12,16H2,1-2H3. The van der Waals surface area contributed by atoms with E-state index in [2.05, 4.69) is 34.9 Å². The van der Waals surface area contributed by atoms with Gasteiger partial charge in [-0.15, -0.1) is 0 Å². The predicted molar refractivity (Wildman–Crippen MR) is 82.5 cm³/mol. The van der Waals surface area contributed by atoms with E-state index in [1.54, 1.807) is 0 Å². The van der Waals surface area contributed by atoms with Crippen LogP contribution < -0.4 is 5.73 Å². The second-order valence-electron chi connectivity index (χ2n) is 5.69. The lowest BCUT2D eigenvalue weighted by atomic mass is 10.1. The highest BCUT2D eigenvalue weighted by atomic mass is 15.3. The third-order valence-electron chi connectivity index (χ3n) is 4.23. The van der Waals surface area contributed by atoms with Gasteiger partial charge in [-0.05, 0) is 13.3 Å². The molecule has 1 aliphatic heterocycles. The third kappa shape index (κ3) is 4.04. The van der Waals surface area contributed by atoms with Crippen molar-refractivity contribution in [3.8, 4) is 0 Å². The molecule has 5 heteroatoms. The first-order chi connectivity index (χ1) is 9.76. The maximum atomic E-state index is 5.90. The average molecular weight is 279 g/mol. The lowest BCUT2D eigenvalue weighted by molar-refractivity contribution is 0.0905. The van der Waals surface area contributed by atoms with Crippen LogP contribution in [0.4, 0.5) is 0 Å². The van der Waals surface area contributed by atoms with Crippen molar-refractivity contribution >= 4 is 0 Å². The van der Waals surface area contributed by atoms with Gasteiger partial charge in [-0.2, -0.15) is 5.10 Å². The van der Waals surface area contributed by atoms with E-state index in [4.69, 9.17) is 5.73 Å². The second kappa shape index (κ2) is 7.76. The minimum absolute atomic E-state index is 0.574. The topological polar surface area (TPSA) is 50.3 Å². The Morgan fingerprint density at radius 3 is 2.55 bits per heavy atom. The van der Waals surface area contributed by atoms with Crippen molar-refractivity contribution in [1.29, 1.82) is 0 Å². The SMILES string of the molecule is CCCC(CN)N1CCN(Cc2cnn(CC)c2)CC1. The molecule has 0 aliphatic carbocycles. The van der Waals surface area contributed by atoms with Gasteiger partial charge in [0.1, 0.15) is 0 Å². The molecule has 2 N–H and O–H groups in total. The normalized spacial score (nSPS) is 19.4. The van der Waals surface area contributed by atoms with Crippen LogP contribution in [0.5, 0.6) is 0 Å². The van der Waals surface area contributed by atoms with E-state index in [1.807, 2.05) is 10.9 Å². The van der Waals surface area contributed by atoms with Crippen LogP contribution in [0.15, 0.2) is 12.4 Å². The number of hydrogen-bond donors (Lipinski definition) is 1. The Bertz CT molecular complexity index is 381. The number of nitrogens with two attached hydrogens (primary N) is 1. The van der Waals surface area contributed by atoms with Crippen molar-refractivity contribution in [2.75, 3.05) is 32.7 Å². The molecule has 1 saturated heterocycles. The molecule has 0 amide bonds. The summed E-state index contributed by atoms with van der Waals surface area (Å²) < 4.78 is 2.00. The number of aryl methyl sites for hydroxylation is 1. The highest BCUT2D eigenvalue weighted by Crippen LogP contribution is 2.12. The molecular formula is C15H29N5. The van der Waals surface area contributed by atoms with E-state index >= 15 is 0 Å². The molecule has 2 rings (SSSR count). The molecule has 1 atom stereocenters. The second-order valence-corrected chi connectivity index (χ2v) is 5.69. The smallest absolute Gasteiger partial charge is 0.0534 e. The number of nitrogens with zero attached hydrogens (tertiary/aromatic N) is 4. The first-order valence-electron chi connectivity index (χ1n) is 7.94. The fraction of sp³-hybridized carbons (Fsp3) is 0.800. The van der Waals surface area contributed by atoms with E-state index in [0.29, 0.717) is 6.04 Å². The highest BCUT2D eigenvalue weighted by molar-refractivity contribution is 5.04. The molecule has 1 aromatic heterocycles. The van der Waals surface area contributed by atoms with Crippen molar-refractivity contribution in [3.63, 3.8) is 0 Å². The Morgan fingerprint density at radius 1 is 1.25 bits per heavy atom. The van der Waals surface area contributed by atoms with Gasteiger partial charge in [0.25, 0.3) is 0 Å². The minimum atomic E-state index is 0.574. The fourth-order valence-electron chi connectivity index (χ4n) is 2.99. The van der Waals surface area contributed by atoms with Gasteiger partial charge in [-0.3, -0.25) is 14.5 Å². The summed E-state index contributed by atoms with van der Waals surface area (Å²) in [4.78, 5) is 5.09. The van der Waals surface area contributed by atoms with Gasteiger partial charge in [0.05, 0.1) is 6.20 Å². The van der Waals surface area contributed by atoms with E-state index in [9.17, 15) is 0 Å². The molecule has 5 nitrogen and oxygen atoms in total. The van der Waals surface area contributed by atoms with Gasteiger partial charge in [-0.25, -0.2) is 0 Å². The van der Waals surface area contributed by atoms with Crippen LogP contribution in [0.3, 0.4) is 0 Å². The molecule has 1 fully saturated rings. The first-order valence-corrected chi connectivity index (χ1v) is 7.94. The molecule has 20 heavy (non-hydrogen) atoms. The van der Waals surface area contributed by atoms with Crippen LogP contribution >= 0.6 is 0 Å². The zero-order valence-corrected chi connectivity index (χ0v) is 13.0. The van der Waals surface area contributed by atoms with Crippen LogP contribution in [0.2, 0.25) is 0 Å². The van der Waals surface area contributed by atoms with E-state index in [-0.39, 0.29) is 0 Å². The van der Waals surface area contributed by atoms with Gasteiger partial charge in [-0.1, -0.05) is 13.3 Å². The molecular weight excluding hydrogens is 250 g/mol. The molecule has 0 bridgehead atoms. The van der Waals surface area contributed by atoms with E-state index in [1.165, 1.54) is 18.4 Å². The summed E-state index contributed by atoms with van der Waals surface area (Å²) >= 11 is 0. The van der Waals surface area contributed by atoms with Crippen molar-refractivity contribution in [2.45, 2.75) is 45.8 Å². The Morgan fingerprint density at radius 2 is 2.00 bits per heavy atom. The summed E-state index contributed by atoms with van der Waals surface area (Å²) in [5.41, 5.74) is 7.22. The Balaban J connectivity index is 1.78. The van der Waals surface area contributed by atoms with Gasteiger partial charge >= 0.3 is 0 Å². The maximum absolute atomic E-state index is 5.90. The summed E-state index contributed by atoms with van der Waals surface area (Å²) in [7, 11) is 0. The molecule has 114 valence electrons. The van der Waals surface area contributed by atoms with Crippen LogP contribution in [0, 0.1) is 0 Å². The molecule has 0 aromatic carbocycles. The quantitative estimate of drug-likeness (QED) is 0.813. The summed E-state index contributed by atoms with van der Waals surface area (Å²) in [6, 6.07) is 0.574. The van der Waals surface area contributed by atoms with Crippen LogP contribution in [0.1, 0.15) is 32.3 Å². The molecule has 2 heterocycles. The molecule has 0 saturated carbocycles. The van der Waals surface area contributed by atoms with E-state index < -0.39 is 0 Å². The molecule has 0 spiro atoms. The van der Waals surface area contributed by atoms with Gasteiger partial charge in [0, 0.05) is 63.6 Å². The Kier molecular flexibility index (Phi) is 6.01. The van der Waals surface area contributed by atoms with Crippen LogP contribution in [-0.4, -0.2) is 58.3 Å². The summed E-state index contributed by atoms with van der Waals surface area (Å²) in [5.74, 6) is 0. The van der Waals surface area contributed by atoms with Crippen molar-refractivity contribution in [1.82, 2.24) is 19.6 Å². The van der Waals surface area contributed by atoms with Gasteiger partial charge in [0.2, 0.25) is 0 Å². The van der Waals surface area contributed by atoms with Gasteiger partial charge < -0.3 is 5.73 Å². The average Bonchev–Trinajstić information content (AvgIpc) is 2.93. The largest absolute Gasteiger partial charge is 0.329 e. The summed E-state index contributed by atoms with van der Waals surface area (Å²) in [6.45, 7) is 11.7. The maximum Gasteiger partial charge on any atom is 0.0534 e. The monoisotopic (exact) mass is 279 g/mol. The first kappa shape index (κ1) is 15.5. The number of rotatable bonds is 7. The van der Waals surface area contributed by atoms with Crippen molar-refractivity contribution in [3.05, 3.63) is 18.0 Å². The summed E-state index contributed by atoms with van der Waals surface area (Å²) in [6.07, 6.45) is 6.60. The predicted octanol–water partition coefficient (Wildman–Crippen LogP) is 1.15. The number of aromatic nitrogens is 2. The zero-order chi connectivity index (χ0) is 14.4. The van der Waals surface area contributed by atoms with Crippen molar-refractivity contribution < 1.29 is 0 Å². The van der Waals surface area contributed by atoms with Crippen LogP contribution in [-0.2, 0) is 13.1 Å². The molecule has 1 aliphatic rings. The van der Waals surface area contributed by atoms with Gasteiger partial charge in [0.15, 0.2) is 0 Å². The molecule has 1 aromatic rings. The minimum Gasteiger partial charge on any atom is -0.329 e. The number of hydrogen-bond acceptors (Lipinski definition) is 4. The Hall–Kier alpha value is -0.910. The fourth-order valence-corrected chi connectivity index (χ4v) is 2.99. The van der Waals surface area contributed by atoms with Crippen LogP contribution in [0.25, 0.3) is 0 Å². The Labute approximate surface area is 122 Å².